The number of aliphatic imine (C=N–C) groups is 1. The van der Waals surface area contributed by atoms with Crippen LogP contribution in [-0.2, 0) is 24.3 Å². The third-order valence-corrected chi connectivity index (χ3v) is 4.31. The molecule has 2 aromatic rings. The fourth-order valence-electron chi connectivity index (χ4n) is 3.03. The Morgan fingerprint density at radius 2 is 1.94 bits per heavy atom. The van der Waals surface area contributed by atoms with Crippen molar-refractivity contribution >= 4 is 29.9 Å². The van der Waals surface area contributed by atoms with Crippen LogP contribution in [0.4, 0.5) is 17.6 Å². The van der Waals surface area contributed by atoms with Gasteiger partial charge in [0.25, 0.3) is 0 Å². The standard InChI is InChI=1S/C20H21F4N3O3.HI/c1-25-19(27-10-14-4-2-3-5-17(14)30-20(22,23)24)26-7-6-13-8-16(21)9-15-11-28-12-29-18(13)15;/h2-5,8-9H,6-7,10-12H2,1H3,(H2,25,26,27);1H. The van der Waals surface area contributed by atoms with Gasteiger partial charge in [-0.25, -0.2) is 4.39 Å². The summed E-state index contributed by atoms with van der Waals surface area (Å²) in [7, 11) is 1.54. The molecule has 6 nitrogen and oxygen atoms in total. The molecular weight excluding hydrogens is 533 g/mol. The number of guanidine groups is 1. The number of hydrogen-bond donors (Lipinski definition) is 2. The van der Waals surface area contributed by atoms with E-state index in [1.807, 2.05) is 0 Å². The SMILES string of the molecule is CN=C(NCCc1cc(F)cc2c1OCOC2)NCc1ccccc1OC(F)(F)F.I. The van der Waals surface area contributed by atoms with E-state index in [-0.39, 0.29) is 55.5 Å². The molecule has 0 unspecified atom stereocenters. The minimum atomic E-state index is -4.77. The van der Waals surface area contributed by atoms with Crippen LogP contribution in [-0.4, -0.2) is 32.7 Å². The molecule has 3 rings (SSSR count). The van der Waals surface area contributed by atoms with Gasteiger partial charge in [-0.3, -0.25) is 4.99 Å². The maximum atomic E-state index is 13.8. The second kappa shape index (κ2) is 11.4. The molecule has 0 amide bonds. The average Bonchev–Trinajstić information content (AvgIpc) is 2.70. The van der Waals surface area contributed by atoms with Crippen LogP contribution in [0.3, 0.4) is 0 Å². The lowest BCUT2D eigenvalue weighted by molar-refractivity contribution is -0.274. The van der Waals surface area contributed by atoms with E-state index >= 15 is 0 Å². The third kappa shape index (κ3) is 7.42. The smallest absolute Gasteiger partial charge is 0.467 e. The van der Waals surface area contributed by atoms with Crippen molar-refractivity contribution < 1.29 is 31.8 Å². The topological polar surface area (TPSA) is 64.1 Å². The van der Waals surface area contributed by atoms with Crippen molar-refractivity contribution in [3.05, 3.63) is 58.9 Å². The summed E-state index contributed by atoms with van der Waals surface area (Å²) in [6, 6.07) is 8.65. The highest BCUT2D eigenvalue weighted by atomic mass is 127. The van der Waals surface area contributed by atoms with E-state index in [4.69, 9.17) is 9.47 Å². The van der Waals surface area contributed by atoms with Gasteiger partial charge in [-0.1, -0.05) is 18.2 Å². The second-order valence-corrected chi connectivity index (χ2v) is 6.42. The minimum absolute atomic E-state index is 0. The zero-order valence-electron chi connectivity index (χ0n) is 16.6. The van der Waals surface area contributed by atoms with E-state index in [0.717, 1.165) is 0 Å². The molecule has 0 atom stereocenters. The number of fused-ring (bicyclic) bond motifs is 1. The van der Waals surface area contributed by atoms with E-state index in [9.17, 15) is 17.6 Å². The van der Waals surface area contributed by atoms with Crippen LogP contribution in [0.15, 0.2) is 41.4 Å². The van der Waals surface area contributed by atoms with Crippen LogP contribution in [0.25, 0.3) is 0 Å². The summed E-state index contributed by atoms with van der Waals surface area (Å²) in [5, 5.41) is 5.99. The molecule has 0 bridgehead atoms. The van der Waals surface area contributed by atoms with Gasteiger partial charge in [-0.15, -0.1) is 37.1 Å². The Bertz CT molecular complexity index is 910. The third-order valence-electron chi connectivity index (χ3n) is 4.31. The highest BCUT2D eigenvalue weighted by Gasteiger charge is 2.31. The lowest BCUT2D eigenvalue weighted by Gasteiger charge is -2.21. The van der Waals surface area contributed by atoms with Gasteiger partial charge in [0.2, 0.25) is 0 Å². The fraction of sp³-hybridized carbons (Fsp3) is 0.350. The fourth-order valence-corrected chi connectivity index (χ4v) is 3.03. The Labute approximate surface area is 194 Å². The Balaban J connectivity index is 0.00000341. The monoisotopic (exact) mass is 555 g/mol. The van der Waals surface area contributed by atoms with Gasteiger partial charge in [0.1, 0.15) is 17.3 Å². The van der Waals surface area contributed by atoms with E-state index in [1.54, 1.807) is 6.07 Å². The van der Waals surface area contributed by atoms with Gasteiger partial charge >= 0.3 is 6.36 Å². The summed E-state index contributed by atoms with van der Waals surface area (Å²) in [5.74, 6) is 0.345. The van der Waals surface area contributed by atoms with Gasteiger partial charge in [0, 0.05) is 31.3 Å². The lowest BCUT2D eigenvalue weighted by Crippen LogP contribution is -2.38. The summed E-state index contributed by atoms with van der Waals surface area (Å²) in [4.78, 5) is 4.05. The van der Waals surface area contributed by atoms with Crippen molar-refractivity contribution in [3.63, 3.8) is 0 Å². The Hall–Kier alpha value is -2.28. The summed E-state index contributed by atoms with van der Waals surface area (Å²) in [5.41, 5.74) is 1.67. The number of nitrogens with one attached hydrogen (secondary N) is 2. The van der Waals surface area contributed by atoms with Crippen molar-refractivity contribution in [2.24, 2.45) is 4.99 Å². The van der Waals surface area contributed by atoms with Crippen molar-refractivity contribution in [1.29, 1.82) is 0 Å². The predicted molar refractivity (Wildman–Crippen MR) is 117 cm³/mol. The van der Waals surface area contributed by atoms with Crippen molar-refractivity contribution in [1.82, 2.24) is 10.6 Å². The summed E-state index contributed by atoms with van der Waals surface area (Å²) in [6.45, 7) is 0.875. The van der Waals surface area contributed by atoms with E-state index in [1.165, 1.54) is 37.4 Å². The summed E-state index contributed by atoms with van der Waals surface area (Å²) >= 11 is 0. The van der Waals surface area contributed by atoms with Gasteiger partial charge < -0.3 is 24.8 Å². The predicted octanol–water partition coefficient (Wildman–Crippen LogP) is 4.12. The molecule has 2 aromatic carbocycles. The highest BCUT2D eigenvalue weighted by molar-refractivity contribution is 14.0. The largest absolute Gasteiger partial charge is 0.573 e. The molecule has 31 heavy (non-hydrogen) atoms. The molecule has 170 valence electrons. The van der Waals surface area contributed by atoms with Crippen LogP contribution in [0.5, 0.6) is 11.5 Å². The quantitative estimate of drug-likeness (QED) is 0.243. The molecule has 1 aliphatic heterocycles. The van der Waals surface area contributed by atoms with Crippen LogP contribution >= 0.6 is 24.0 Å². The van der Waals surface area contributed by atoms with E-state index < -0.39 is 6.36 Å². The van der Waals surface area contributed by atoms with Crippen molar-refractivity contribution in [2.75, 3.05) is 20.4 Å². The van der Waals surface area contributed by atoms with Crippen molar-refractivity contribution in [3.8, 4) is 11.5 Å². The minimum Gasteiger partial charge on any atom is -0.467 e. The number of benzene rings is 2. The molecule has 0 radical (unpaired) electrons. The van der Waals surface area contributed by atoms with Crippen LogP contribution in [0.1, 0.15) is 16.7 Å². The number of ether oxygens (including phenoxy) is 3. The van der Waals surface area contributed by atoms with Crippen LogP contribution in [0, 0.1) is 5.82 Å². The van der Waals surface area contributed by atoms with E-state index in [2.05, 4.69) is 20.4 Å². The first kappa shape index (κ1) is 25.0. The molecule has 11 heteroatoms. The van der Waals surface area contributed by atoms with Gasteiger partial charge in [-0.2, -0.15) is 0 Å². The molecule has 0 spiro atoms. The lowest BCUT2D eigenvalue weighted by atomic mass is 10.1. The second-order valence-electron chi connectivity index (χ2n) is 6.42. The van der Waals surface area contributed by atoms with Crippen LogP contribution in [0.2, 0.25) is 0 Å². The van der Waals surface area contributed by atoms with E-state index in [0.29, 0.717) is 41.4 Å². The van der Waals surface area contributed by atoms with Crippen LogP contribution < -0.4 is 20.1 Å². The number of halogens is 5. The zero-order valence-corrected chi connectivity index (χ0v) is 18.9. The first-order chi connectivity index (χ1) is 14.4. The van der Waals surface area contributed by atoms with Gasteiger partial charge in [-0.05, 0) is 30.2 Å². The van der Waals surface area contributed by atoms with Crippen molar-refractivity contribution in [2.45, 2.75) is 25.9 Å². The summed E-state index contributed by atoms with van der Waals surface area (Å²) < 4.78 is 66.1. The number of para-hydroxylation sites is 1. The Morgan fingerprint density at radius 1 is 1.16 bits per heavy atom. The first-order valence-corrected chi connectivity index (χ1v) is 9.15. The number of alkyl halides is 3. The molecular formula is C20H22F4IN3O3. The Kier molecular flexibility index (Phi) is 9.16. The number of rotatable bonds is 6. The number of hydrogen-bond acceptors (Lipinski definition) is 4. The molecule has 0 aliphatic carbocycles. The number of nitrogens with zero attached hydrogens (tertiary/aromatic N) is 1. The molecule has 0 aromatic heterocycles. The average molecular weight is 555 g/mol. The molecule has 0 saturated carbocycles. The van der Waals surface area contributed by atoms with Gasteiger partial charge in [0.15, 0.2) is 12.8 Å². The molecule has 0 saturated heterocycles. The molecule has 0 fully saturated rings. The maximum Gasteiger partial charge on any atom is 0.573 e. The molecule has 1 aliphatic rings. The zero-order chi connectivity index (χ0) is 21.6. The highest BCUT2D eigenvalue weighted by Crippen LogP contribution is 2.29. The molecule has 1 heterocycles. The maximum absolute atomic E-state index is 13.8. The Morgan fingerprint density at radius 3 is 2.68 bits per heavy atom. The van der Waals surface area contributed by atoms with Gasteiger partial charge in [0.05, 0.1) is 6.61 Å². The summed E-state index contributed by atoms with van der Waals surface area (Å²) in [6.07, 6.45) is -4.32. The first-order valence-electron chi connectivity index (χ1n) is 9.15. The normalized spacial score (nSPS) is 13.5. The molecule has 2 N–H and O–H groups in total.